The Kier molecular flexibility index (Phi) is 10.4. The van der Waals surface area contributed by atoms with Crippen LogP contribution in [-0.2, 0) is 14.3 Å². The van der Waals surface area contributed by atoms with Gasteiger partial charge in [-0.2, -0.15) is 0 Å². The molecule has 0 atom stereocenters. The molecule has 1 rings (SSSR count). The fourth-order valence-corrected chi connectivity index (χ4v) is 2.41. The quantitative estimate of drug-likeness (QED) is 0.565. The Labute approximate surface area is 135 Å². The van der Waals surface area contributed by atoms with E-state index in [9.17, 15) is 4.79 Å². The Morgan fingerprint density at radius 1 is 1.05 bits per heavy atom. The molecule has 0 unspecified atom stereocenters. The molecule has 1 N–H and O–H groups in total. The monoisotopic (exact) mass is 315 g/mol. The topological polar surface area (TPSA) is 54.0 Å². The van der Waals surface area contributed by atoms with Crippen LogP contribution in [0, 0.1) is 0 Å². The molecule has 0 aromatic heterocycles. The minimum atomic E-state index is 0.0670. The molecule has 0 aromatic carbocycles. The first-order valence-corrected chi connectivity index (χ1v) is 8.52. The lowest BCUT2D eigenvalue weighted by molar-refractivity contribution is -0.121. The summed E-state index contributed by atoms with van der Waals surface area (Å²) in [6, 6.07) is 0.651. The molecule has 0 saturated carbocycles. The zero-order valence-electron chi connectivity index (χ0n) is 14.5. The summed E-state index contributed by atoms with van der Waals surface area (Å²) in [5.41, 5.74) is 0. The summed E-state index contributed by atoms with van der Waals surface area (Å²) in [5.74, 6) is 0.0670. The fourth-order valence-electron chi connectivity index (χ4n) is 2.41. The SMILES string of the molecule is CCC(=O)NCCOCCOCCN1CCN(C(C)C)CC1. The summed E-state index contributed by atoms with van der Waals surface area (Å²) in [5, 5.41) is 2.77. The average Bonchev–Trinajstić information content (AvgIpc) is 2.53. The molecule has 130 valence electrons. The van der Waals surface area contributed by atoms with Crippen LogP contribution in [0.3, 0.4) is 0 Å². The minimum Gasteiger partial charge on any atom is -0.378 e. The van der Waals surface area contributed by atoms with Crippen LogP contribution in [0.4, 0.5) is 0 Å². The molecular weight excluding hydrogens is 282 g/mol. The molecule has 6 nitrogen and oxygen atoms in total. The van der Waals surface area contributed by atoms with Crippen LogP contribution < -0.4 is 5.32 Å². The first kappa shape index (κ1) is 19.4. The van der Waals surface area contributed by atoms with Gasteiger partial charge in [-0.25, -0.2) is 0 Å². The smallest absolute Gasteiger partial charge is 0.219 e. The van der Waals surface area contributed by atoms with Gasteiger partial charge < -0.3 is 14.8 Å². The van der Waals surface area contributed by atoms with Crippen molar-refractivity contribution in [2.75, 3.05) is 65.7 Å². The lowest BCUT2D eigenvalue weighted by atomic mass is 10.2. The van der Waals surface area contributed by atoms with Crippen molar-refractivity contribution >= 4 is 5.91 Å². The Morgan fingerprint density at radius 2 is 1.68 bits per heavy atom. The number of carbonyl (C=O) groups is 1. The van der Waals surface area contributed by atoms with E-state index in [2.05, 4.69) is 29.0 Å². The van der Waals surface area contributed by atoms with Crippen LogP contribution >= 0.6 is 0 Å². The number of rotatable bonds is 11. The Balaban J connectivity index is 1.85. The van der Waals surface area contributed by atoms with Crippen molar-refractivity contribution in [1.82, 2.24) is 15.1 Å². The third-order valence-electron chi connectivity index (χ3n) is 3.95. The van der Waals surface area contributed by atoms with Gasteiger partial charge in [-0.15, -0.1) is 0 Å². The maximum atomic E-state index is 11.0. The van der Waals surface area contributed by atoms with Gasteiger partial charge in [0.05, 0.1) is 26.4 Å². The lowest BCUT2D eigenvalue weighted by Crippen LogP contribution is -2.49. The molecule has 1 aliphatic rings. The van der Waals surface area contributed by atoms with Crippen molar-refractivity contribution < 1.29 is 14.3 Å². The van der Waals surface area contributed by atoms with Gasteiger partial charge in [0.1, 0.15) is 0 Å². The number of hydrogen-bond donors (Lipinski definition) is 1. The normalized spacial score (nSPS) is 17.1. The van der Waals surface area contributed by atoms with Crippen LogP contribution in [0.1, 0.15) is 27.2 Å². The third-order valence-corrected chi connectivity index (χ3v) is 3.95. The molecule has 1 saturated heterocycles. The van der Waals surface area contributed by atoms with Crippen molar-refractivity contribution in [1.29, 1.82) is 0 Å². The summed E-state index contributed by atoms with van der Waals surface area (Å²) in [7, 11) is 0. The van der Waals surface area contributed by atoms with E-state index in [1.165, 1.54) is 0 Å². The molecule has 1 amide bonds. The zero-order valence-corrected chi connectivity index (χ0v) is 14.5. The summed E-state index contributed by atoms with van der Waals surface area (Å²) >= 11 is 0. The maximum absolute atomic E-state index is 11.0. The van der Waals surface area contributed by atoms with Gasteiger partial charge >= 0.3 is 0 Å². The van der Waals surface area contributed by atoms with Gasteiger partial charge in [0, 0.05) is 51.7 Å². The lowest BCUT2D eigenvalue weighted by Gasteiger charge is -2.36. The molecule has 0 radical (unpaired) electrons. The van der Waals surface area contributed by atoms with E-state index in [-0.39, 0.29) is 5.91 Å². The Bertz CT molecular complexity index is 292. The van der Waals surface area contributed by atoms with Crippen molar-refractivity contribution in [2.24, 2.45) is 0 Å². The first-order valence-electron chi connectivity index (χ1n) is 8.52. The van der Waals surface area contributed by atoms with Crippen molar-refractivity contribution in [3.63, 3.8) is 0 Å². The van der Waals surface area contributed by atoms with E-state index in [1.807, 2.05) is 6.92 Å². The molecule has 1 heterocycles. The largest absolute Gasteiger partial charge is 0.378 e. The van der Waals surface area contributed by atoms with E-state index < -0.39 is 0 Å². The van der Waals surface area contributed by atoms with Crippen molar-refractivity contribution in [3.8, 4) is 0 Å². The highest BCUT2D eigenvalue weighted by Gasteiger charge is 2.17. The van der Waals surface area contributed by atoms with Crippen LogP contribution in [0.2, 0.25) is 0 Å². The number of amides is 1. The van der Waals surface area contributed by atoms with Gasteiger partial charge in [-0.3, -0.25) is 14.6 Å². The number of nitrogens with one attached hydrogen (secondary N) is 1. The molecule has 0 aromatic rings. The summed E-state index contributed by atoms with van der Waals surface area (Å²) in [4.78, 5) is 16.0. The van der Waals surface area contributed by atoms with Crippen LogP contribution in [0.15, 0.2) is 0 Å². The maximum Gasteiger partial charge on any atom is 0.219 e. The molecule has 1 aliphatic heterocycles. The molecular formula is C16H33N3O3. The molecule has 0 aliphatic carbocycles. The standard InChI is InChI=1S/C16H33N3O3/c1-4-16(20)17-5-11-21-13-14-22-12-10-18-6-8-19(9-7-18)15(2)3/h15H,4-14H2,1-3H3,(H,17,20). The third kappa shape index (κ3) is 8.68. The molecule has 0 bridgehead atoms. The number of ether oxygens (including phenoxy) is 2. The summed E-state index contributed by atoms with van der Waals surface area (Å²) in [6.45, 7) is 15.0. The number of nitrogens with zero attached hydrogens (tertiary/aromatic N) is 2. The van der Waals surface area contributed by atoms with E-state index in [0.717, 1.165) is 39.3 Å². The second kappa shape index (κ2) is 11.8. The molecule has 0 spiro atoms. The number of hydrogen-bond acceptors (Lipinski definition) is 5. The van der Waals surface area contributed by atoms with Crippen molar-refractivity contribution in [2.45, 2.75) is 33.2 Å². The van der Waals surface area contributed by atoms with E-state index in [0.29, 0.717) is 38.8 Å². The van der Waals surface area contributed by atoms with Crippen LogP contribution in [0.25, 0.3) is 0 Å². The van der Waals surface area contributed by atoms with E-state index >= 15 is 0 Å². The fraction of sp³-hybridized carbons (Fsp3) is 0.938. The first-order chi connectivity index (χ1) is 10.6. The Morgan fingerprint density at radius 3 is 2.27 bits per heavy atom. The average molecular weight is 315 g/mol. The van der Waals surface area contributed by atoms with Gasteiger partial charge in [0.15, 0.2) is 0 Å². The van der Waals surface area contributed by atoms with E-state index in [4.69, 9.17) is 9.47 Å². The van der Waals surface area contributed by atoms with Crippen LogP contribution in [0.5, 0.6) is 0 Å². The number of carbonyl (C=O) groups excluding carboxylic acids is 1. The number of piperazine rings is 1. The Hall–Kier alpha value is -0.690. The zero-order chi connectivity index (χ0) is 16.2. The molecule has 6 heteroatoms. The highest BCUT2D eigenvalue weighted by molar-refractivity contribution is 5.75. The van der Waals surface area contributed by atoms with Gasteiger partial charge in [0.2, 0.25) is 5.91 Å². The van der Waals surface area contributed by atoms with Gasteiger partial charge in [0.25, 0.3) is 0 Å². The minimum absolute atomic E-state index is 0.0670. The molecule has 22 heavy (non-hydrogen) atoms. The van der Waals surface area contributed by atoms with Crippen molar-refractivity contribution in [3.05, 3.63) is 0 Å². The van der Waals surface area contributed by atoms with Gasteiger partial charge in [-0.1, -0.05) is 6.92 Å². The van der Waals surface area contributed by atoms with Gasteiger partial charge in [-0.05, 0) is 13.8 Å². The predicted molar refractivity (Wildman–Crippen MR) is 88.1 cm³/mol. The molecule has 1 fully saturated rings. The predicted octanol–water partition coefficient (Wildman–Crippen LogP) is 0.572. The second-order valence-electron chi connectivity index (χ2n) is 5.90. The summed E-state index contributed by atoms with van der Waals surface area (Å²) < 4.78 is 11.0. The van der Waals surface area contributed by atoms with E-state index in [1.54, 1.807) is 0 Å². The van der Waals surface area contributed by atoms with Crippen LogP contribution in [-0.4, -0.2) is 87.4 Å². The highest BCUT2D eigenvalue weighted by atomic mass is 16.5. The highest BCUT2D eigenvalue weighted by Crippen LogP contribution is 2.05. The second-order valence-corrected chi connectivity index (χ2v) is 5.90. The summed E-state index contributed by atoms with van der Waals surface area (Å²) in [6.07, 6.45) is 0.522.